The molecule has 7 heteroatoms. The van der Waals surface area contributed by atoms with E-state index in [1.165, 1.54) is 0 Å². The molecule has 2 amide bonds. The Morgan fingerprint density at radius 2 is 1.84 bits per heavy atom. The molecule has 3 rings (SSSR count). The van der Waals surface area contributed by atoms with E-state index in [1.807, 2.05) is 19.9 Å². The van der Waals surface area contributed by atoms with E-state index in [1.54, 1.807) is 34.9 Å². The van der Waals surface area contributed by atoms with Crippen molar-refractivity contribution < 1.29 is 9.21 Å². The van der Waals surface area contributed by atoms with Gasteiger partial charge in [-0.15, -0.1) is 0 Å². The number of nitrogens with zero attached hydrogens (tertiary/aromatic N) is 1. The van der Waals surface area contributed by atoms with Crippen molar-refractivity contribution in [2.45, 2.75) is 26.8 Å². The first-order valence-corrected chi connectivity index (χ1v) is 8.33. The highest BCUT2D eigenvalue weighted by atomic mass is 35.5. The highest BCUT2D eigenvalue weighted by Gasteiger charge is 2.10. The molecule has 0 radical (unpaired) electrons. The van der Waals surface area contributed by atoms with Crippen LogP contribution in [0.1, 0.15) is 18.9 Å². The van der Waals surface area contributed by atoms with Gasteiger partial charge in [0.1, 0.15) is 0 Å². The van der Waals surface area contributed by atoms with Crippen LogP contribution in [0.25, 0.3) is 11.1 Å². The predicted molar refractivity (Wildman–Crippen MR) is 99.6 cm³/mol. The maximum atomic E-state index is 12.1. The maximum absolute atomic E-state index is 12.1. The van der Waals surface area contributed by atoms with Crippen LogP contribution in [0.3, 0.4) is 0 Å². The van der Waals surface area contributed by atoms with Gasteiger partial charge in [0.2, 0.25) is 0 Å². The molecule has 0 unspecified atom stereocenters. The number of benzene rings is 2. The number of aromatic nitrogens is 1. The van der Waals surface area contributed by atoms with Crippen LogP contribution in [-0.4, -0.2) is 10.6 Å². The lowest BCUT2D eigenvalue weighted by Crippen LogP contribution is -2.19. The Balaban J connectivity index is 1.77. The summed E-state index contributed by atoms with van der Waals surface area (Å²) < 4.78 is 6.82. The van der Waals surface area contributed by atoms with Crippen molar-refractivity contribution in [3.8, 4) is 0 Å². The van der Waals surface area contributed by atoms with Gasteiger partial charge in [-0.2, -0.15) is 0 Å². The molecule has 25 heavy (non-hydrogen) atoms. The van der Waals surface area contributed by atoms with Crippen LogP contribution in [0.5, 0.6) is 0 Å². The summed E-state index contributed by atoms with van der Waals surface area (Å²) in [5.74, 6) is -0.396. The van der Waals surface area contributed by atoms with Gasteiger partial charge in [-0.05, 0) is 43.2 Å². The van der Waals surface area contributed by atoms with Gasteiger partial charge in [0.05, 0.1) is 5.52 Å². The molecule has 0 saturated carbocycles. The van der Waals surface area contributed by atoms with Gasteiger partial charge in [-0.1, -0.05) is 24.6 Å². The summed E-state index contributed by atoms with van der Waals surface area (Å²) in [5, 5.41) is 6.01. The molecule has 130 valence electrons. The van der Waals surface area contributed by atoms with Crippen LogP contribution in [0, 0.1) is 6.92 Å². The van der Waals surface area contributed by atoms with E-state index in [0.29, 0.717) is 34.0 Å². The summed E-state index contributed by atoms with van der Waals surface area (Å²) in [6.45, 7) is 4.47. The van der Waals surface area contributed by atoms with Gasteiger partial charge < -0.3 is 15.1 Å². The van der Waals surface area contributed by atoms with Crippen molar-refractivity contribution >= 4 is 40.1 Å². The first-order chi connectivity index (χ1) is 12.0. The number of nitrogens with one attached hydrogen (secondary N) is 2. The monoisotopic (exact) mass is 359 g/mol. The zero-order valence-corrected chi connectivity index (χ0v) is 14.7. The lowest BCUT2D eigenvalue weighted by Gasteiger charge is -2.09. The number of hydrogen-bond acceptors (Lipinski definition) is 3. The second kappa shape index (κ2) is 7.03. The number of halogens is 1. The quantitative estimate of drug-likeness (QED) is 0.714. The molecule has 2 N–H and O–H groups in total. The molecule has 3 aromatic rings. The fraction of sp³-hybridized carbons (Fsp3) is 0.222. The normalized spacial score (nSPS) is 10.8. The third-order valence-corrected chi connectivity index (χ3v) is 4.21. The van der Waals surface area contributed by atoms with Gasteiger partial charge in [0.25, 0.3) is 0 Å². The number of aryl methyl sites for hydroxylation is 2. The largest absolute Gasteiger partial charge is 0.419 e. The molecule has 0 bridgehead atoms. The number of carbonyl (C=O) groups excluding carboxylic acids is 1. The second-order valence-electron chi connectivity index (χ2n) is 5.75. The Morgan fingerprint density at radius 1 is 1.16 bits per heavy atom. The standard InChI is InChI=1S/C18H18ClN3O3/c1-3-8-22-15-7-6-13(10-16(15)25-18(22)24)21-17(23)20-12-5-4-11(2)14(19)9-12/h4-7,9-10H,3,8H2,1-2H3,(H2,20,21,23). The van der Waals surface area contributed by atoms with E-state index in [0.717, 1.165) is 12.0 Å². The van der Waals surface area contributed by atoms with Crippen molar-refractivity contribution in [3.63, 3.8) is 0 Å². The van der Waals surface area contributed by atoms with Crippen LogP contribution >= 0.6 is 11.6 Å². The highest BCUT2D eigenvalue weighted by molar-refractivity contribution is 6.31. The second-order valence-corrected chi connectivity index (χ2v) is 6.15. The molecular weight excluding hydrogens is 342 g/mol. The summed E-state index contributed by atoms with van der Waals surface area (Å²) in [6.07, 6.45) is 0.829. The molecule has 0 aliphatic heterocycles. The molecule has 0 spiro atoms. The summed E-state index contributed by atoms with van der Waals surface area (Å²) in [4.78, 5) is 24.0. The highest BCUT2D eigenvalue weighted by Crippen LogP contribution is 2.21. The van der Waals surface area contributed by atoms with E-state index < -0.39 is 11.8 Å². The molecule has 0 saturated heterocycles. The van der Waals surface area contributed by atoms with Gasteiger partial charge in [0.15, 0.2) is 5.58 Å². The van der Waals surface area contributed by atoms with Crippen LogP contribution in [-0.2, 0) is 6.54 Å². The van der Waals surface area contributed by atoms with Gasteiger partial charge >= 0.3 is 11.8 Å². The molecule has 2 aromatic carbocycles. The maximum Gasteiger partial charge on any atom is 0.419 e. The number of fused-ring (bicyclic) bond motifs is 1. The molecule has 1 aromatic heterocycles. The third kappa shape index (κ3) is 3.69. The van der Waals surface area contributed by atoms with Crippen molar-refractivity contribution in [1.29, 1.82) is 0 Å². The molecule has 1 heterocycles. The topological polar surface area (TPSA) is 76.3 Å². The van der Waals surface area contributed by atoms with Crippen LogP contribution in [0.2, 0.25) is 5.02 Å². The molecular formula is C18H18ClN3O3. The number of oxazole rings is 1. The van der Waals surface area contributed by atoms with E-state index in [2.05, 4.69) is 10.6 Å². The zero-order chi connectivity index (χ0) is 18.0. The van der Waals surface area contributed by atoms with Crippen molar-refractivity contribution in [3.05, 3.63) is 57.5 Å². The first kappa shape index (κ1) is 17.1. The van der Waals surface area contributed by atoms with Crippen LogP contribution in [0.15, 0.2) is 45.6 Å². The first-order valence-electron chi connectivity index (χ1n) is 7.95. The summed E-state index contributed by atoms with van der Waals surface area (Å²) in [7, 11) is 0. The number of anilines is 2. The summed E-state index contributed by atoms with van der Waals surface area (Å²) >= 11 is 6.05. The minimum absolute atomic E-state index is 0.396. The molecule has 0 aliphatic rings. The van der Waals surface area contributed by atoms with Gasteiger partial charge in [-0.25, -0.2) is 9.59 Å². The number of amides is 2. The number of urea groups is 1. The van der Waals surface area contributed by atoms with Gasteiger partial charge in [0, 0.05) is 29.0 Å². The minimum atomic E-state index is -0.408. The molecule has 6 nitrogen and oxygen atoms in total. The number of rotatable bonds is 4. The Kier molecular flexibility index (Phi) is 4.81. The van der Waals surface area contributed by atoms with E-state index in [4.69, 9.17) is 16.0 Å². The Bertz CT molecular complexity index is 991. The van der Waals surface area contributed by atoms with Crippen molar-refractivity contribution in [2.75, 3.05) is 10.6 Å². The van der Waals surface area contributed by atoms with Crippen LogP contribution in [0.4, 0.5) is 16.2 Å². The summed E-state index contributed by atoms with van der Waals surface area (Å²) in [5.41, 5.74) is 3.21. The number of carbonyl (C=O) groups is 1. The fourth-order valence-electron chi connectivity index (χ4n) is 2.54. The van der Waals surface area contributed by atoms with Crippen molar-refractivity contribution in [2.24, 2.45) is 0 Å². The lowest BCUT2D eigenvalue weighted by atomic mass is 10.2. The Morgan fingerprint density at radius 3 is 2.52 bits per heavy atom. The van der Waals surface area contributed by atoms with Crippen molar-refractivity contribution in [1.82, 2.24) is 4.57 Å². The lowest BCUT2D eigenvalue weighted by molar-refractivity contribution is 0.262. The Hall–Kier alpha value is -2.73. The fourth-order valence-corrected chi connectivity index (χ4v) is 2.72. The predicted octanol–water partition coefficient (Wildman–Crippen LogP) is 4.61. The average molecular weight is 360 g/mol. The van der Waals surface area contributed by atoms with Gasteiger partial charge in [-0.3, -0.25) is 4.57 Å². The SMILES string of the molecule is CCCn1c(=O)oc2cc(NC(=O)Nc3ccc(C)c(Cl)c3)ccc21. The van der Waals surface area contributed by atoms with E-state index in [-0.39, 0.29) is 0 Å². The Labute approximate surface area is 149 Å². The number of hydrogen-bond donors (Lipinski definition) is 2. The molecule has 0 fully saturated rings. The van der Waals surface area contributed by atoms with E-state index >= 15 is 0 Å². The van der Waals surface area contributed by atoms with E-state index in [9.17, 15) is 9.59 Å². The smallest absolute Gasteiger partial charge is 0.408 e. The summed E-state index contributed by atoms with van der Waals surface area (Å²) in [6, 6.07) is 9.99. The minimum Gasteiger partial charge on any atom is -0.408 e. The zero-order valence-electron chi connectivity index (χ0n) is 13.9. The third-order valence-electron chi connectivity index (χ3n) is 3.80. The molecule has 0 atom stereocenters. The average Bonchev–Trinajstić information content (AvgIpc) is 2.86. The molecule has 0 aliphatic carbocycles. The van der Waals surface area contributed by atoms with Crippen LogP contribution < -0.4 is 16.4 Å².